The fourth-order valence-corrected chi connectivity index (χ4v) is 3.55. The van der Waals surface area contributed by atoms with Crippen molar-refractivity contribution in [3.05, 3.63) is 108 Å². The molecule has 1 aromatic heterocycles. The first-order chi connectivity index (χ1) is 14.4. The molecule has 0 unspecified atom stereocenters. The van der Waals surface area contributed by atoms with Gasteiger partial charge < -0.3 is 0 Å². The van der Waals surface area contributed by atoms with Crippen molar-refractivity contribution in [2.24, 2.45) is 0 Å². The minimum atomic E-state index is -0.536. The Labute approximate surface area is 184 Å². The summed E-state index contributed by atoms with van der Waals surface area (Å²) in [6.07, 6.45) is 3.55. The summed E-state index contributed by atoms with van der Waals surface area (Å²) in [7, 11) is 0. The van der Waals surface area contributed by atoms with Gasteiger partial charge in [0.2, 0.25) is 0 Å². The minimum absolute atomic E-state index is 0.0849. The number of hydrogen-bond donors (Lipinski definition) is 0. The van der Waals surface area contributed by atoms with E-state index in [0.717, 1.165) is 10.0 Å². The lowest BCUT2D eigenvalue weighted by molar-refractivity contribution is -0.384. The summed E-state index contributed by atoms with van der Waals surface area (Å²) in [6, 6.07) is 18.7. The van der Waals surface area contributed by atoms with Gasteiger partial charge >= 0.3 is 0 Å². The minimum Gasteiger partial charge on any atom is -0.268 e. The predicted molar refractivity (Wildman–Crippen MR) is 122 cm³/mol. The van der Waals surface area contributed by atoms with E-state index in [1.54, 1.807) is 30.3 Å². The average molecular weight is 483 g/mol. The molecular weight excluding hydrogens is 470 g/mol. The Hall–Kier alpha value is -3.29. The summed E-state index contributed by atoms with van der Waals surface area (Å²) in [5, 5.41) is 11.6. The highest BCUT2D eigenvalue weighted by atomic mass is 79.9. The van der Waals surface area contributed by atoms with E-state index in [9.17, 15) is 14.9 Å². The van der Waals surface area contributed by atoms with E-state index >= 15 is 0 Å². The third-order valence-electron chi connectivity index (χ3n) is 4.48. The molecule has 0 bridgehead atoms. The zero-order valence-corrected chi connectivity index (χ0v) is 17.7. The number of nitro groups is 1. The first kappa shape index (κ1) is 20.0. The standard InChI is InChI=1S/C22H13BrClN3O3/c23-15-8-5-14(6-9-15)7-12-21-25-19-4-2-1-3-17(19)22(28)26(21)20-11-10-16(27(29)30)13-18(20)24/h1-13H. The van der Waals surface area contributed by atoms with Crippen LogP contribution in [0.5, 0.6) is 0 Å². The molecule has 0 saturated heterocycles. The van der Waals surface area contributed by atoms with Gasteiger partial charge in [0.1, 0.15) is 5.82 Å². The Balaban J connectivity index is 1.94. The number of para-hydroxylation sites is 1. The zero-order chi connectivity index (χ0) is 21.3. The maximum absolute atomic E-state index is 13.3. The summed E-state index contributed by atoms with van der Waals surface area (Å²) >= 11 is 9.72. The highest BCUT2D eigenvalue weighted by Crippen LogP contribution is 2.26. The summed E-state index contributed by atoms with van der Waals surface area (Å²) in [5.74, 6) is 0.359. The van der Waals surface area contributed by atoms with Crippen molar-refractivity contribution in [2.75, 3.05) is 0 Å². The topological polar surface area (TPSA) is 78.0 Å². The number of aromatic nitrogens is 2. The molecule has 0 spiro atoms. The van der Waals surface area contributed by atoms with Gasteiger partial charge in [0.05, 0.1) is 26.5 Å². The Morgan fingerprint density at radius 3 is 2.47 bits per heavy atom. The third-order valence-corrected chi connectivity index (χ3v) is 5.31. The molecular formula is C22H13BrClN3O3. The van der Waals surface area contributed by atoms with Crippen LogP contribution in [0.25, 0.3) is 28.7 Å². The first-order valence-electron chi connectivity index (χ1n) is 8.84. The van der Waals surface area contributed by atoms with Gasteiger partial charge in [-0.1, -0.05) is 57.9 Å². The monoisotopic (exact) mass is 481 g/mol. The van der Waals surface area contributed by atoms with Crippen molar-refractivity contribution >= 4 is 56.3 Å². The average Bonchev–Trinajstić information content (AvgIpc) is 2.74. The van der Waals surface area contributed by atoms with Crippen LogP contribution in [0.2, 0.25) is 5.02 Å². The van der Waals surface area contributed by atoms with Gasteiger partial charge in [-0.25, -0.2) is 4.98 Å². The zero-order valence-electron chi connectivity index (χ0n) is 15.3. The van der Waals surface area contributed by atoms with Crippen molar-refractivity contribution in [3.8, 4) is 5.69 Å². The molecule has 6 nitrogen and oxygen atoms in total. The fourth-order valence-electron chi connectivity index (χ4n) is 3.03. The number of halogens is 2. The number of rotatable bonds is 4. The fraction of sp³-hybridized carbons (Fsp3) is 0. The highest BCUT2D eigenvalue weighted by molar-refractivity contribution is 9.10. The van der Waals surface area contributed by atoms with Crippen LogP contribution in [-0.2, 0) is 0 Å². The normalized spacial score (nSPS) is 11.3. The molecule has 0 aliphatic heterocycles. The molecule has 0 fully saturated rings. The van der Waals surface area contributed by atoms with Crippen LogP contribution in [0.4, 0.5) is 5.69 Å². The number of benzene rings is 3. The molecule has 1 heterocycles. The van der Waals surface area contributed by atoms with E-state index in [4.69, 9.17) is 11.6 Å². The van der Waals surface area contributed by atoms with Crippen molar-refractivity contribution in [1.82, 2.24) is 9.55 Å². The molecule has 8 heteroatoms. The van der Waals surface area contributed by atoms with Gasteiger partial charge in [-0.2, -0.15) is 0 Å². The van der Waals surface area contributed by atoms with E-state index in [2.05, 4.69) is 20.9 Å². The van der Waals surface area contributed by atoms with Gasteiger partial charge in [-0.05, 0) is 42.0 Å². The van der Waals surface area contributed by atoms with Crippen LogP contribution < -0.4 is 5.56 Å². The first-order valence-corrected chi connectivity index (χ1v) is 10.0. The van der Waals surface area contributed by atoms with Crippen LogP contribution in [0.1, 0.15) is 11.4 Å². The number of non-ortho nitro benzene ring substituents is 1. The quantitative estimate of drug-likeness (QED) is 0.269. The van der Waals surface area contributed by atoms with Gasteiger partial charge in [-0.15, -0.1) is 0 Å². The predicted octanol–water partition coefficient (Wildman–Crippen LogP) is 5.88. The Morgan fingerprint density at radius 2 is 1.77 bits per heavy atom. The van der Waals surface area contributed by atoms with Crippen molar-refractivity contribution in [2.45, 2.75) is 0 Å². The van der Waals surface area contributed by atoms with Crippen molar-refractivity contribution < 1.29 is 4.92 Å². The van der Waals surface area contributed by atoms with Crippen molar-refractivity contribution in [1.29, 1.82) is 0 Å². The number of hydrogen-bond acceptors (Lipinski definition) is 4. The molecule has 0 saturated carbocycles. The van der Waals surface area contributed by atoms with Crippen LogP contribution in [0, 0.1) is 10.1 Å². The summed E-state index contributed by atoms with van der Waals surface area (Å²) in [5.41, 5.74) is 1.32. The maximum Gasteiger partial charge on any atom is 0.271 e. The lowest BCUT2D eigenvalue weighted by Crippen LogP contribution is -2.22. The second-order valence-corrected chi connectivity index (χ2v) is 7.73. The van der Waals surface area contributed by atoms with E-state index in [0.29, 0.717) is 22.4 Å². The third kappa shape index (κ3) is 3.90. The largest absolute Gasteiger partial charge is 0.271 e. The molecule has 0 aliphatic rings. The van der Waals surface area contributed by atoms with Crippen molar-refractivity contribution in [3.63, 3.8) is 0 Å². The van der Waals surface area contributed by atoms with E-state index in [1.807, 2.05) is 30.3 Å². The molecule has 148 valence electrons. The summed E-state index contributed by atoms with van der Waals surface area (Å²) in [6.45, 7) is 0. The lowest BCUT2D eigenvalue weighted by Gasteiger charge is -2.13. The van der Waals surface area contributed by atoms with Gasteiger partial charge in [0.25, 0.3) is 11.2 Å². The molecule has 30 heavy (non-hydrogen) atoms. The van der Waals surface area contributed by atoms with Gasteiger partial charge in [0, 0.05) is 16.6 Å². The molecule has 0 amide bonds. The Morgan fingerprint density at radius 1 is 1.03 bits per heavy atom. The smallest absolute Gasteiger partial charge is 0.268 e. The van der Waals surface area contributed by atoms with E-state index in [1.165, 1.54) is 22.8 Å². The molecule has 0 N–H and O–H groups in total. The SMILES string of the molecule is O=c1c2ccccc2nc(C=Cc2ccc(Br)cc2)n1-c1ccc([N+](=O)[O-])cc1Cl. The number of nitro benzene ring substituents is 1. The van der Waals surface area contributed by atoms with Crippen LogP contribution in [-0.4, -0.2) is 14.5 Å². The molecule has 4 aromatic rings. The van der Waals surface area contributed by atoms with E-state index < -0.39 is 4.92 Å². The molecule has 4 rings (SSSR count). The highest BCUT2D eigenvalue weighted by Gasteiger charge is 2.16. The summed E-state index contributed by atoms with van der Waals surface area (Å²) < 4.78 is 2.32. The molecule has 0 atom stereocenters. The summed E-state index contributed by atoms with van der Waals surface area (Å²) in [4.78, 5) is 28.4. The van der Waals surface area contributed by atoms with Crippen LogP contribution in [0.3, 0.4) is 0 Å². The van der Waals surface area contributed by atoms with Gasteiger partial charge in [0.15, 0.2) is 0 Å². The molecule has 0 aliphatic carbocycles. The van der Waals surface area contributed by atoms with E-state index in [-0.39, 0.29) is 16.3 Å². The lowest BCUT2D eigenvalue weighted by atomic mass is 10.2. The molecule has 3 aromatic carbocycles. The number of fused-ring (bicyclic) bond motifs is 1. The molecule has 0 radical (unpaired) electrons. The number of nitrogens with zero attached hydrogens (tertiary/aromatic N) is 3. The van der Waals surface area contributed by atoms with Crippen LogP contribution in [0.15, 0.2) is 76.0 Å². The maximum atomic E-state index is 13.3. The second kappa shape index (κ2) is 8.22. The van der Waals surface area contributed by atoms with Gasteiger partial charge in [-0.3, -0.25) is 19.5 Å². The Kier molecular flexibility index (Phi) is 5.48. The second-order valence-electron chi connectivity index (χ2n) is 6.41. The van der Waals surface area contributed by atoms with Crippen LogP contribution >= 0.6 is 27.5 Å². The Bertz CT molecular complexity index is 1360.